The Bertz CT molecular complexity index is 541. The van der Waals surface area contributed by atoms with E-state index in [1.165, 1.54) is 14.2 Å². The molecule has 0 fully saturated rings. The SMILES string of the molecule is COc1cccc(OC)c1C(=O)CCCCNC(=O)OC(C)(C)C. The summed E-state index contributed by atoms with van der Waals surface area (Å²) in [6, 6.07) is 5.25. The van der Waals surface area contributed by atoms with Gasteiger partial charge >= 0.3 is 6.09 Å². The van der Waals surface area contributed by atoms with Gasteiger partial charge in [-0.3, -0.25) is 4.79 Å². The first-order valence-electron chi connectivity index (χ1n) is 7.99. The van der Waals surface area contributed by atoms with E-state index in [1.54, 1.807) is 18.2 Å². The van der Waals surface area contributed by atoms with Crippen LogP contribution >= 0.6 is 0 Å². The average Bonchev–Trinajstić information content (AvgIpc) is 2.51. The number of carbonyl (C=O) groups excluding carboxylic acids is 2. The molecule has 1 amide bonds. The number of amides is 1. The van der Waals surface area contributed by atoms with E-state index in [1.807, 2.05) is 20.8 Å². The molecule has 0 saturated carbocycles. The van der Waals surface area contributed by atoms with Gasteiger partial charge in [0.15, 0.2) is 5.78 Å². The Kier molecular flexibility index (Phi) is 7.55. The molecule has 0 unspecified atom stereocenters. The van der Waals surface area contributed by atoms with Crippen LogP contribution in [0.15, 0.2) is 18.2 Å². The summed E-state index contributed by atoms with van der Waals surface area (Å²) in [6.07, 6.45) is 1.24. The lowest BCUT2D eigenvalue weighted by atomic mass is 10.0. The standard InChI is InChI=1S/C18H27NO5/c1-18(2,3)24-17(21)19-12-7-6-9-13(20)16-14(22-4)10-8-11-15(16)23-5/h8,10-11H,6-7,9,12H2,1-5H3,(H,19,21). The van der Waals surface area contributed by atoms with Crippen LogP contribution in [0, 0.1) is 0 Å². The highest BCUT2D eigenvalue weighted by Gasteiger charge is 2.18. The number of hydrogen-bond donors (Lipinski definition) is 1. The molecule has 1 aromatic rings. The summed E-state index contributed by atoms with van der Waals surface area (Å²) in [6.45, 7) is 5.90. The first-order chi connectivity index (χ1) is 11.3. The molecule has 6 nitrogen and oxygen atoms in total. The molecule has 0 spiro atoms. The summed E-state index contributed by atoms with van der Waals surface area (Å²) < 4.78 is 15.6. The zero-order valence-corrected chi connectivity index (χ0v) is 15.1. The number of hydrogen-bond acceptors (Lipinski definition) is 5. The molecular weight excluding hydrogens is 310 g/mol. The van der Waals surface area contributed by atoms with Crippen molar-refractivity contribution in [2.24, 2.45) is 0 Å². The third-order valence-corrected chi connectivity index (χ3v) is 3.21. The first-order valence-corrected chi connectivity index (χ1v) is 7.99. The number of ether oxygens (including phenoxy) is 3. The molecule has 1 aromatic carbocycles. The highest BCUT2D eigenvalue weighted by atomic mass is 16.6. The van der Waals surface area contributed by atoms with Gasteiger partial charge in [-0.05, 0) is 45.7 Å². The summed E-state index contributed by atoms with van der Waals surface area (Å²) in [5.41, 5.74) is -0.0527. The van der Waals surface area contributed by atoms with E-state index in [4.69, 9.17) is 14.2 Å². The molecule has 0 heterocycles. The van der Waals surface area contributed by atoms with E-state index < -0.39 is 11.7 Å². The zero-order chi connectivity index (χ0) is 18.2. The molecule has 0 bridgehead atoms. The maximum atomic E-state index is 12.4. The van der Waals surface area contributed by atoms with Gasteiger partial charge in [-0.25, -0.2) is 4.79 Å². The molecule has 1 rings (SSSR count). The number of ketones is 1. The van der Waals surface area contributed by atoms with Gasteiger partial charge in [0.1, 0.15) is 22.7 Å². The van der Waals surface area contributed by atoms with Crippen LogP contribution < -0.4 is 14.8 Å². The van der Waals surface area contributed by atoms with Crippen molar-refractivity contribution in [2.45, 2.75) is 45.6 Å². The van der Waals surface area contributed by atoms with Gasteiger partial charge in [-0.2, -0.15) is 0 Å². The van der Waals surface area contributed by atoms with Gasteiger partial charge in [0, 0.05) is 13.0 Å². The fourth-order valence-electron chi connectivity index (χ4n) is 2.17. The monoisotopic (exact) mass is 337 g/mol. The van der Waals surface area contributed by atoms with Crippen molar-refractivity contribution < 1.29 is 23.8 Å². The summed E-state index contributed by atoms with van der Waals surface area (Å²) >= 11 is 0. The van der Waals surface area contributed by atoms with Gasteiger partial charge in [0.2, 0.25) is 0 Å². The number of unbranched alkanes of at least 4 members (excludes halogenated alkanes) is 1. The van der Waals surface area contributed by atoms with Crippen LogP contribution in [-0.4, -0.2) is 38.2 Å². The molecule has 0 aromatic heterocycles. The molecule has 6 heteroatoms. The molecule has 24 heavy (non-hydrogen) atoms. The minimum Gasteiger partial charge on any atom is -0.496 e. The van der Waals surface area contributed by atoms with Gasteiger partial charge in [-0.15, -0.1) is 0 Å². The average molecular weight is 337 g/mol. The summed E-state index contributed by atoms with van der Waals surface area (Å²) in [4.78, 5) is 23.9. The third-order valence-electron chi connectivity index (χ3n) is 3.21. The Hall–Kier alpha value is -2.24. The summed E-state index contributed by atoms with van der Waals surface area (Å²) in [7, 11) is 3.05. The van der Waals surface area contributed by atoms with Crippen molar-refractivity contribution >= 4 is 11.9 Å². The van der Waals surface area contributed by atoms with Crippen LogP contribution in [0.25, 0.3) is 0 Å². The normalized spacial score (nSPS) is 10.9. The maximum Gasteiger partial charge on any atom is 0.407 e. The largest absolute Gasteiger partial charge is 0.496 e. The smallest absolute Gasteiger partial charge is 0.407 e. The minimum atomic E-state index is -0.513. The molecular formula is C18H27NO5. The Morgan fingerprint density at radius 3 is 2.12 bits per heavy atom. The first kappa shape index (κ1) is 19.8. The van der Waals surface area contributed by atoms with Gasteiger partial charge in [0.05, 0.1) is 14.2 Å². The van der Waals surface area contributed by atoms with Crippen molar-refractivity contribution in [3.05, 3.63) is 23.8 Å². The van der Waals surface area contributed by atoms with E-state index in [0.717, 1.165) is 0 Å². The van der Waals surface area contributed by atoms with Crippen LogP contribution in [0.5, 0.6) is 11.5 Å². The predicted molar refractivity (Wildman–Crippen MR) is 92.0 cm³/mol. The number of Topliss-reactive ketones (excluding diaryl/α,β-unsaturated/α-hetero) is 1. The second-order valence-corrected chi connectivity index (χ2v) is 6.35. The lowest BCUT2D eigenvalue weighted by Gasteiger charge is -2.19. The van der Waals surface area contributed by atoms with Crippen molar-refractivity contribution in [3.63, 3.8) is 0 Å². The van der Waals surface area contributed by atoms with E-state index in [9.17, 15) is 9.59 Å². The fourth-order valence-corrected chi connectivity index (χ4v) is 2.17. The van der Waals surface area contributed by atoms with Crippen molar-refractivity contribution in [3.8, 4) is 11.5 Å². The number of methoxy groups -OCH3 is 2. The Labute approximate surface area is 143 Å². The summed E-state index contributed by atoms with van der Waals surface area (Å²) in [5, 5.41) is 2.68. The van der Waals surface area contributed by atoms with Crippen molar-refractivity contribution in [1.29, 1.82) is 0 Å². The molecule has 1 N–H and O–H groups in total. The van der Waals surface area contributed by atoms with Gasteiger partial charge < -0.3 is 19.5 Å². The molecule has 0 atom stereocenters. The molecule has 0 aliphatic rings. The number of nitrogens with one attached hydrogen (secondary N) is 1. The van der Waals surface area contributed by atoms with E-state index >= 15 is 0 Å². The molecule has 0 radical (unpaired) electrons. The molecule has 0 aliphatic carbocycles. The van der Waals surface area contributed by atoms with Gasteiger partial charge in [-0.1, -0.05) is 6.07 Å². The molecule has 0 aliphatic heterocycles. The lowest BCUT2D eigenvalue weighted by Crippen LogP contribution is -2.33. The van der Waals surface area contributed by atoms with Crippen LogP contribution in [0.3, 0.4) is 0 Å². The quantitative estimate of drug-likeness (QED) is 0.580. The zero-order valence-electron chi connectivity index (χ0n) is 15.1. The van der Waals surface area contributed by atoms with Gasteiger partial charge in [0.25, 0.3) is 0 Å². The Morgan fingerprint density at radius 1 is 1.04 bits per heavy atom. The van der Waals surface area contributed by atoms with E-state index in [2.05, 4.69) is 5.32 Å². The van der Waals surface area contributed by atoms with Crippen molar-refractivity contribution in [1.82, 2.24) is 5.32 Å². The number of alkyl carbamates (subject to hydrolysis) is 1. The van der Waals surface area contributed by atoms with Crippen LogP contribution in [0.2, 0.25) is 0 Å². The van der Waals surface area contributed by atoms with Crippen molar-refractivity contribution in [2.75, 3.05) is 20.8 Å². The van der Waals surface area contributed by atoms with Crippen LogP contribution in [0.4, 0.5) is 4.79 Å². The van der Waals surface area contributed by atoms with E-state index in [-0.39, 0.29) is 5.78 Å². The second-order valence-electron chi connectivity index (χ2n) is 6.35. The minimum absolute atomic E-state index is 0.0402. The Morgan fingerprint density at radius 2 is 1.62 bits per heavy atom. The second kappa shape index (κ2) is 9.15. The lowest BCUT2D eigenvalue weighted by molar-refractivity contribution is 0.0527. The highest BCUT2D eigenvalue weighted by molar-refractivity contribution is 6.01. The van der Waals surface area contributed by atoms with Crippen LogP contribution in [0.1, 0.15) is 50.4 Å². The van der Waals surface area contributed by atoms with Crippen LogP contribution in [-0.2, 0) is 4.74 Å². The topological polar surface area (TPSA) is 73.9 Å². The number of carbonyl (C=O) groups is 2. The molecule has 0 saturated heterocycles. The third kappa shape index (κ3) is 6.48. The number of rotatable bonds is 8. The van der Waals surface area contributed by atoms with E-state index in [0.29, 0.717) is 42.9 Å². The fraction of sp³-hybridized carbons (Fsp3) is 0.556. The Balaban J connectivity index is 2.44. The predicted octanol–water partition coefficient (Wildman–Crippen LogP) is 3.58. The molecule has 134 valence electrons. The highest BCUT2D eigenvalue weighted by Crippen LogP contribution is 2.29. The maximum absolute atomic E-state index is 12.4. The number of benzene rings is 1. The summed E-state index contributed by atoms with van der Waals surface area (Å²) in [5.74, 6) is 0.971.